The number of carbonyl (C=O) groups is 2. The average Bonchev–Trinajstić information content (AvgIpc) is 1.98. The van der Waals surface area contributed by atoms with E-state index in [0.29, 0.717) is 6.42 Å². The second-order valence-electron chi connectivity index (χ2n) is 4.95. The largest absolute Gasteiger partial charge is 0.460 e. The highest BCUT2D eigenvalue weighted by Crippen LogP contribution is 2.10. The fraction of sp³-hybridized carbons (Fsp3) is 0.833. The zero-order valence-electron chi connectivity index (χ0n) is 10.6. The standard InChI is InChI=1S/C12H22O4/c1-5-6-9(13)7-10(14)8-11(15)16-12(2,3)4/h9,13H,5-8H2,1-4H3. The van der Waals surface area contributed by atoms with E-state index in [1.54, 1.807) is 20.8 Å². The van der Waals surface area contributed by atoms with Crippen LogP contribution in [0, 0.1) is 0 Å². The second kappa shape index (κ2) is 6.63. The highest BCUT2D eigenvalue weighted by atomic mass is 16.6. The predicted octanol–water partition coefficient (Wildman–Crippen LogP) is 1.84. The zero-order chi connectivity index (χ0) is 12.8. The maximum Gasteiger partial charge on any atom is 0.313 e. The molecule has 0 aliphatic rings. The summed E-state index contributed by atoms with van der Waals surface area (Å²) in [6.07, 6.45) is 0.548. The van der Waals surface area contributed by atoms with Crippen LogP contribution in [0.25, 0.3) is 0 Å². The van der Waals surface area contributed by atoms with E-state index in [4.69, 9.17) is 4.74 Å². The molecule has 0 saturated heterocycles. The molecular weight excluding hydrogens is 208 g/mol. The summed E-state index contributed by atoms with van der Waals surface area (Å²) in [7, 11) is 0. The molecular formula is C12H22O4. The van der Waals surface area contributed by atoms with E-state index in [9.17, 15) is 14.7 Å². The number of esters is 1. The Bertz CT molecular complexity index is 240. The van der Waals surface area contributed by atoms with Crippen LogP contribution in [0.1, 0.15) is 53.4 Å². The highest BCUT2D eigenvalue weighted by Gasteiger charge is 2.20. The van der Waals surface area contributed by atoms with Crippen molar-refractivity contribution in [2.24, 2.45) is 0 Å². The minimum Gasteiger partial charge on any atom is -0.460 e. The Labute approximate surface area is 97.0 Å². The lowest BCUT2D eigenvalue weighted by Crippen LogP contribution is -2.26. The molecule has 0 bridgehead atoms. The maximum atomic E-state index is 11.4. The van der Waals surface area contributed by atoms with Crippen LogP contribution in [-0.2, 0) is 14.3 Å². The topological polar surface area (TPSA) is 63.6 Å². The van der Waals surface area contributed by atoms with Crippen LogP contribution in [0.5, 0.6) is 0 Å². The average molecular weight is 230 g/mol. The molecule has 0 rings (SSSR count). The first kappa shape index (κ1) is 15.1. The molecule has 4 heteroatoms. The van der Waals surface area contributed by atoms with Crippen molar-refractivity contribution in [1.82, 2.24) is 0 Å². The molecule has 1 unspecified atom stereocenters. The first-order valence-corrected chi connectivity index (χ1v) is 5.66. The lowest BCUT2D eigenvalue weighted by molar-refractivity contribution is -0.156. The SMILES string of the molecule is CCCC(O)CC(=O)CC(=O)OC(C)(C)C. The number of Topliss-reactive ketones (excluding diaryl/α,β-unsaturated/α-hetero) is 1. The van der Waals surface area contributed by atoms with E-state index in [1.165, 1.54) is 0 Å². The monoisotopic (exact) mass is 230 g/mol. The van der Waals surface area contributed by atoms with Crippen LogP contribution < -0.4 is 0 Å². The molecule has 0 aliphatic carbocycles. The molecule has 1 N–H and O–H groups in total. The first-order chi connectivity index (χ1) is 7.24. The van der Waals surface area contributed by atoms with Crippen LogP contribution in [0.15, 0.2) is 0 Å². The van der Waals surface area contributed by atoms with Crippen molar-refractivity contribution in [3.63, 3.8) is 0 Å². The zero-order valence-corrected chi connectivity index (χ0v) is 10.6. The van der Waals surface area contributed by atoms with Crippen molar-refractivity contribution in [3.8, 4) is 0 Å². The number of ketones is 1. The fourth-order valence-corrected chi connectivity index (χ4v) is 1.31. The van der Waals surface area contributed by atoms with Crippen molar-refractivity contribution in [3.05, 3.63) is 0 Å². The van der Waals surface area contributed by atoms with E-state index < -0.39 is 17.7 Å². The van der Waals surface area contributed by atoms with Gasteiger partial charge in [-0.3, -0.25) is 9.59 Å². The van der Waals surface area contributed by atoms with Crippen molar-refractivity contribution in [1.29, 1.82) is 0 Å². The number of hydrogen-bond acceptors (Lipinski definition) is 4. The molecule has 0 spiro atoms. The van der Waals surface area contributed by atoms with E-state index >= 15 is 0 Å². The lowest BCUT2D eigenvalue weighted by atomic mass is 10.1. The molecule has 0 aliphatic heterocycles. The van der Waals surface area contributed by atoms with Crippen LogP contribution in [0.4, 0.5) is 0 Å². The van der Waals surface area contributed by atoms with E-state index in [1.807, 2.05) is 6.92 Å². The molecule has 4 nitrogen and oxygen atoms in total. The van der Waals surface area contributed by atoms with Gasteiger partial charge in [-0.25, -0.2) is 0 Å². The Hall–Kier alpha value is -0.900. The second-order valence-corrected chi connectivity index (χ2v) is 4.95. The molecule has 16 heavy (non-hydrogen) atoms. The Kier molecular flexibility index (Phi) is 6.26. The van der Waals surface area contributed by atoms with Gasteiger partial charge in [0, 0.05) is 6.42 Å². The van der Waals surface area contributed by atoms with Gasteiger partial charge in [0.25, 0.3) is 0 Å². The highest BCUT2D eigenvalue weighted by molar-refractivity contribution is 5.95. The number of hydrogen-bond donors (Lipinski definition) is 1. The van der Waals surface area contributed by atoms with Crippen LogP contribution >= 0.6 is 0 Å². The third kappa shape index (κ3) is 8.41. The van der Waals surface area contributed by atoms with Gasteiger partial charge in [-0.1, -0.05) is 13.3 Å². The smallest absolute Gasteiger partial charge is 0.313 e. The Morgan fingerprint density at radius 3 is 2.31 bits per heavy atom. The Morgan fingerprint density at radius 1 is 1.31 bits per heavy atom. The molecule has 0 aromatic rings. The van der Waals surface area contributed by atoms with Gasteiger partial charge in [-0.15, -0.1) is 0 Å². The summed E-state index contributed by atoms with van der Waals surface area (Å²) in [6, 6.07) is 0. The Balaban J connectivity index is 3.92. The number of carbonyl (C=O) groups excluding carboxylic acids is 2. The van der Waals surface area contributed by atoms with E-state index in [-0.39, 0.29) is 18.6 Å². The lowest BCUT2D eigenvalue weighted by Gasteiger charge is -2.19. The van der Waals surface area contributed by atoms with Gasteiger partial charge < -0.3 is 9.84 Å². The van der Waals surface area contributed by atoms with E-state index in [2.05, 4.69) is 0 Å². The van der Waals surface area contributed by atoms with E-state index in [0.717, 1.165) is 6.42 Å². The van der Waals surface area contributed by atoms with Gasteiger partial charge in [0.15, 0.2) is 0 Å². The van der Waals surface area contributed by atoms with Gasteiger partial charge >= 0.3 is 5.97 Å². The van der Waals surface area contributed by atoms with Gasteiger partial charge in [-0.05, 0) is 27.2 Å². The molecule has 0 aromatic carbocycles. The Morgan fingerprint density at radius 2 is 1.88 bits per heavy atom. The summed E-state index contributed by atoms with van der Waals surface area (Å²) in [5.74, 6) is -0.795. The fourth-order valence-electron chi connectivity index (χ4n) is 1.31. The maximum absolute atomic E-state index is 11.4. The van der Waals surface area contributed by atoms with Gasteiger partial charge in [0.1, 0.15) is 17.8 Å². The normalized spacial score (nSPS) is 13.3. The molecule has 0 heterocycles. The van der Waals surface area contributed by atoms with Gasteiger partial charge in [-0.2, -0.15) is 0 Å². The number of ether oxygens (including phenoxy) is 1. The summed E-state index contributed by atoms with van der Waals surface area (Å²) in [6.45, 7) is 7.19. The molecule has 0 amide bonds. The summed E-state index contributed by atoms with van der Waals surface area (Å²) in [5, 5.41) is 9.39. The van der Waals surface area contributed by atoms with Crippen LogP contribution in [-0.4, -0.2) is 28.6 Å². The van der Waals surface area contributed by atoms with Crippen molar-refractivity contribution >= 4 is 11.8 Å². The van der Waals surface area contributed by atoms with Crippen LogP contribution in [0.2, 0.25) is 0 Å². The summed E-state index contributed by atoms with van der Waals surface area (Å²) < 4.78 is 5.01. The van der Waals surface area contributed by atoms with Crippen molar-refractivity contribution < 1.29 is 19.4 Å². The van der Waals surface area contributed by atoms with Gasteiger partial charge in [0.2, 0.25) is 0 Å². The minimum absolute atomic E-state index is 0.0348. The quantitative estimate of drug-likeness (QED) is 0.558. The molecule has 94 valence electrons. The first-order valence-electron chi connectivity index (χ1n) is 5.66. The number of aliphatic hydroxyl groups is 1. The molecule has 0 radical (unpaired) electrons. The van der Waals surface area contributed by atoms with Gasteiger partial charge in [0.05, 0.1) is 6.10 Å². The molecule has 0 aromatic heterocycles. The molecule has 0 fully saturated rings. The number of aliphatic hydroxyl groups excluding tert-OH is 1. The third-order valence-corrected chi connectivity index (χ3v) is 1.85. The van der Waals surface area contributed by atoms with Crippen LogP contribution in [0.3, 0.4) is 0 Å². The summed E-state index contributed by atoms with van der Waals surface area (Å²) in [4.78, 5) is 22.6. The minimum atomic E-state index is -0.639. The summed E-state index contributed by atoms with van der Waals surface area (Å²) >= 11 is 0. The molecule has 1 atom stereocenters. The summed E-state index contributed by atoms with van der Waals surface area (Å²) in [5.41, 5.74) is -0.570. The molecule has 0 saturated carbocycles. The van der Waals surface area contributed by atoms with Crippen molar-refractivity contribution in [2.75, 3.05) is 0 Å². The number of rotatable bonds is 6. The third-order valence-electron chi connectivity index (χ3n) is 1.85. The predicted molar refractivity (Wildman–Crippen MR) is 61.0 cm³/mol. The van der Waals surface area contributed by atoms with Crippen molar-refractivity contribution in [2.45, 2.75) is 65.1 Å².